The van der Waals surface area contributed by atoms with Gasteiger partial charge in [0.1, 0.15) is 0 Å². The summed E-state index contributed by atoms with van der Waals surface area (Å²) in [6.07, 6.45) is 0. The SMILES string of the molecule is NS(=O)(=O)N[OH2+]. The van der Waals surface area contributed by atoms with Gasteiger partial charge in [0.05, 0.1) is 0 Å². The molecule has 0 aliphatic heterocycles. The van der Waals surface area contributed by atoms with Crippen LogP contribution in [0.5, 0.6) is 0 Å². The van der Waals surface area contributed by atoms with Gasteiger partial charge in [-0.1, -0.05) is 0 Å². The average Bonchev–Trinajstić information content (AvgIpc) is 1.35. The molecule has 0 bridgehead atoms. The summed E-state index contributed by atoms with van der Waals surface area (Å²) in [4.78, 5) is 1.10. The van der Waals surface area contributed by atoms with Crippen molar-refractivity contribution in [3.05, 3.63) is 0 Å². The van der Waals surface area contributed by atoms with E-state index in [1.165, 1.54) is 0 Å². The van der Waals surface area contributed by atoms with Crippen molar-refractivity contribution in [3.63, 3.8) is 0 Å². The average molecular weight is 113 g/mol. The summed E-state index contributed by atoms with van der Waals surface area (Å²) in [5, 5.41) is 10.1. The van der Waals surface area contributed by atoms with Crippen LogP contribution in [0.25, 0.3) is 0 Å². The highest BCUT2D eigenvalue weighted by Crippen LogP contribution is 1.53. The normalized spacial score (nSPS) is 11.7. The molecular weight excluding hydrogens is 108 g/mol. The first-order valence-corrected chi connectivity index (χ1v) is 2.57. The Labute approximate surface area is 34.9 Å². The Hall–Kier alpha value is -0.170. The first kappa shape index (κ1) is 5.83. The van der Waals surface area contributed by atoms with Crippen LogP contribution in [-0.4, -0.2) is 13.6 Å². The van der Waals surface area contributed by atoms with E-state index in [2.05, 4.69) is 5.14 Å². The smallest absolute Gasteiger partial charge is 0.327 e. The van der Waals surface area contributed by atoms with Gasteiger partial charge in [0.25, 0.3) is 0 Å². The molecule has 0 fully saturated rings. The molecule has 0 saturated heterocycles. The highest BCUT2D eigenvalue weighted by Gasteiger charge is 1.95. The van der Waals surface area contributed by atoms with Gasteiger partial charge in [0, 0.05) is 4.89 Å². The largest absolute Gasteiger partial charge is 0.333 e. The van der Waals surface area contributed by atoms with Gasteiger partial charge in [-0.25, -0.2) is 5.14 Å². The predicted octanol–water partition coefficient (Wildman–Crippen LogP) is -2.58. The molecule has 0 aromatic rings. The van der Waals surface area contributed by atoms with E-state index in [1.54, 1.807) is 0 Å². The molecule has 0 aromatic heterocycles. The van der Waals surface area contributed by atoms with Crippen LogP contribution >= 0.6 is 0 Å². The molecule has 0 amide bonds. The third-order valence-electron chi connectivity index (χ3n) is 0.142. The van der Waals surface area contributed by atoms with Gasteiger partial charge < -0.3 is 5.21 Å². The number of nitrogens with one attached hydrogen (secondary N) is 1. The van der Waals surface area contributed by atoms with Crippen LogP contribution in [-0.2, 0) is 10.2 Å². The van der Waals surface area contributed by atoms with Crippen LogP contribution in [0.15, 0.2) is 0 Å². The summed E-state index contributed by atoms with van der Waals surface area (Å²) in [5.41, 5.74) is 0. The van der Waals surface area contributed by atoms with E-state index in [0.717, 1.165) is 4.89 Å². The second-order valence-corrected chi connectivity index (χ2v) is 1.94. The van der Waals surface area contributed by atoms with Crippen molar-refractivity contribution in [1.29, 1.82) is 0 Å². The van der Waals surface area contributed by atoms with Crippen molar-refractivity contribution in [1.82, 2.24) is 4.89 Å². The molecule has 0 aliphatic rings. The monoisotopic (exact) mass is 113 g/mol. The third-order valence-corrected chi connectivity index (χ3v) is 0.427. The second-order valence-electron chi connectivity index (χ2n) is 0.647. The molecule has 5 N–H and O–H groups in total. The van der Waals surface area contributed by atoms with E-state index in [0.29, 0.717) is 0 Å². The molecule has 6 heteroatoms. The molecule has 6 heavy (non-hydrogen) atoms. The van der Waals surface area contributed by atoms with E-state index < -0.39 is 10.2 Å². The van der Waals surface area contributed by atoms with Gasteiger partial charge in [-0.05, 0) is 0 Å². The lowest BCUT2D eigenvalue weighted by atomic mass is 13.5. The van der Waals surface area contributed by atoms with Gasteiger partial charge in [0.2, 0.25) is 0 Å². The predicted molar refractivity (Wildman–Crippen MR) is 19.9 cm³/mol. The summed E-state index contributed by atoms with van der Waals surface area (Å²) < 4.78 is 19.0. The molecule has 0 spiro atoms. The number of hydrogen-bond donors (Lipinski definition) is 2. The molecule has 0 saturated carbocycles. The van der Waals surface area contributed by atoms with Gasteiger partial charge in [-0.3, -0.25) is 0 Å². The van der Waals surface area contributed by atoms with Crippen molar-refractivity contribution in [2.24, 2.45) is 5.14 Å². The Balaban J connectivity index is 3.85. The summed E-state index contributed by atoms with van der Waals surface area (Å²) in [7, 11) is -3.75. The zero-order valence-electron chi connectivity index (χ0n) is 2.80. The molecule has 5 nitrogen and oxygen atoms in total. The molecule has 0 aliphatic carbocycles. The maximum absolute atomic E-state index is 9.48. The highest BCUT2D eigenvalue weighted by molar-refractivity contribution is 7.87. The van der Waals surface area contributed by atoms with E-state index in [4.69, 9.17) is 5.21 Å². The highest BCUT2D eigenvalue weighted by atomic mass is 32.2. The topological polar surface area (TPSA) is 95.1 Å². The molecule has 0 heterocycles. The minimum absolute atomic E-state index is 1.10. The lowest BCUT2D eigenvalue weighted by Gasteiger charge is -1.79. The van der Waals surface area contributed by atoms with E-state index in [-0.39, 0.29) is 0 Å². The fraction of sp³-hybridized carbons (Fsp3) is 0. The zero-order valence-corrected chi connectivity index (χ0v) is 3.62. The van der Waals surface area contributed by atoms with Crippen LogP contribution < -0.4 is 10.0 Å². The van der Waals surface area contributed by atoms with Gasteiger partial charge in [-0.2, -0.15) is 8.42 Å². The summed E-state index contributed by atoms with van der Waals surface area (Å²) in [5.74, 6) is 0. The first-order valence-electron chi connectivity index (χ1n) is 1.02. The van der Waals surface area contributed by atoms with Crippen molar-refractivity contribution in [2.75, 3.05) is 0 Å². The summed E-state index contributed by atoms with van der Waals surface area (Å²) >= 11 is 0. The maximum atomic E-state index is 9.48. The Morgan fingerprint density at radius 1 is 1.67 bits per heavy atom. The molecule has 0 rings (SSSR count). The number of hydrogen-bond acceptors (Lipinski definition) is 2. The second kappa shape index (κ2) is 1.52. The zero-order chi connectivity index (χ0) is 5.21. The van der Waals surface area contributed by atoms with E-state index in [9.17, 15) is 8.42 Å². The van der Waals surface area contributed by atoms with Crippen LogP contribution in [0.3, 0.4) is 0 Å². The lowest BCUT2D eigenvalue weighted by molar-refractivity contribution is 0.243. The van der Waals surface area contributed by atoms with E-state index >= 15 is 0 Å². The van der Waals surface area contributed by atoms with Gasteiger partial charge in [-0.15, -0.1) is 0 Å². The third kappa shape index (κ3) is 3.83. The Kier molecular flexibility index (Phi) is 1.48. The maximum Gasteiger partial charge on any atom is 0.333 e. The molecule has 0 radical (unpaired) electrons. The van der Waals surface area contributed by atoms with Crippen LogP contribution in [0.4, 0.5) is 0 Å². The lowest BCUT2D eigenvalue weighted by Crippen LogP contribution is -2.27. The van der Waals surface area contributed by atoms with Crippen molar-refractivity contribution in [2.45, 2.75) is 0 Å². The van der Waals surface area contributed by atoms with Crippen molar-refractivity contribution in [3.8, 4) is 0 Å². The summed E-state index contributed by atoms with van der Waals surface area (Å²) in [6, 6.07) is 0. The fourth-order valence-corrected chi connectivity index (χ4v) is 0. The molecule has 0 unspecified atom stereocenters. The molecule has 38 valence electrons. The first-order chi connectivity index (χ1) is 2.56. The molecular formula is H5N2O3S+. The minimum Gasteiger partial charge on any atom is -0.327 e. The standard InChI is InChI=1S/H4N2O3S/c1-6(4,5)2-3/h2-3H,(H2,1,4,5)/p+1. The quantitative estimate of drug-likeness (QED) is 0.288. The van der Waals surface area contributed by atoms with Crippen LogP contribution in [0.2, 0.25) is 0 Å². The Bertz CT molecular complexity index is 111. The fourth-order valence-electron chi connectivity index (χ4n) is 0. The van der Waals surface area contributed by atoms with Crippen LogP contribution in [0, 0.1) is 0 Å². The van der Waals surface area contributed by atoms with Crippen molar-refractivity contribution < 1.29 is 13.6 Å². The van der Waals surface area contributed by atoms with Crippen molar-refractivity contribution >= 4 is 10.2 Å². The van der Waals surface area contributed by atoms with Crippen LogP contribution in [0.1, 0.15) is 0 Å². The number of rotatable bonds is 1. The van der Waals surface area contributed by atoms with E-state index in [1.807, 2.05) is 0 Å². The Morgan fingerprint density at radius 2 is 1.83 bits per heavy atom. The minimum atomic E-state index is -3.75. The Morgan fingerprint density at radius 3 is 1.83 bits per heavy atom. The number of nitrogens with two attached hydrogens (primary N) is 1. The molecule has 0 aromatic carbocycles. The van der Waals surface area contributed by atoms with Gasteiger partial charge >= 0.3 is 10.2 Å². The van der Waals surface area contributed by atoms with Gasteiger partial charge in [0.15, 0.2) is 0 Å². The summed E-state index contributed by atoms with van der Waals surface area (Å²) in [6.45, 7) is 0. The molecule has 0 atom stereocenters.